The number of rotatable bonds is 8. The van der Waals surface area contributed by atoms with Crippen LogP contribution in [-0.2, 0) is 11.3 Å². The molecule has 1 fully saturated rings. The van der Waals surface area contributed by atoms with Crippen molar-refractivity contribution in [2.45, 2.75) is 6.54 Å². The molecule has 0 unspecified atom stereocenters. The van der Waals surface area contributed by atoms with E-state index in [1.165, 1.54) is 12.1 Å². The fourth-order valence-corrected chi connectivity index (χ4v) is 5.05. The molecule has 2 heterocycles. The highest BCUT2D eigenvalue weighted by Crippen LogP contribution is 2.40. The van der Waals surface area contributed by atoms with E-state index < -0.39 is 0 Å². The van der Waals surface area contributed by atoms with Crippen LogP contribution in [0.1, 0.15) is 15.2 Å². The van der Waals surface area contributed by atoms with E-state index in [9.17, 15) is 9.18 Å². The summed E-state index contributed by atoms with van der Waals surface area (Å²) in [5.41, 5.74) is 3.10. The average molecular weight is 468 g/mol. The van der Waals surface area contributed by atoms with E-state index in [1.54, 1.807) is 23.5 Å². The largest absolute Gasteiger partial charge is 0.378 e. The Balaban J connectivity index is 1.65. The van der Waals surface area contributed by atoms with Crippen LogP contribution >= 0.6 is 11.3 Å². The minimum atomic E-state index is -0.272. The minimum Gasteiger partial charge on any atom is -0.378 e. The predicted molar refractivity (Wildman–Crippen MR) is 132 cm³/mol. The normalized spacial score (nSPS) is 14.0. The van der Waals surface area contributed by atoms with Crippen LogP contribution in [0.15, 0.2) is 60.7 Å². The summed E-state index contributed by atoms with van der Waals surface area (Å²) in [4.78, 5) is 20.7. The third-order valence-corrected chi connectivity index (χ3v) is 6.88. The summed E-state index contributed by atoms with van der Waals surface area (Å²) in [5, 5.41) is 1.11. The number of nitrogens with zero attached hydrogens (tertiary/aromatic N) is 3. The molecule has 1 aliphatic rings. The number of amides is 1. The van der Waals surface area contributed by atoms with Crippen LogP contribution in [0.25, 0.3) is 11.1 Å². The molecule has 0 N–H and O–H groups in total. The Morgan fingerprint density at radius 3 is 2.39 bits per heavy atom. The van der Waals surface area contributed by atoms with Gasteiger partial charge in [0.25, 0.3) is 5.91 Å². The number of anilines is 1. The molecule has 0 aliphatic carbocycles. The van der Waals surface area contributed by atoms with Crippen molar-refractivity contribution in [1.82, 2.24) is 9.80 Å². The third kappa shape index (κ3) is 5.99. The molecule has 3 aromatic rings. The molecule has 0 spiro atoms. The molecule has 0 atom stereocenters. The van der Waals surface area contributed by atoms with Crippen LogP contribution in [0.4, 0.5) is 9.39 Å². The van der Waals surface area contributed by atoms with Gasteiger partial charge >= 0.3 is 0 Å². The highest BCUT2D eigenvalue weighted by atomic mass is 32.1. The number of benzene rings is 2. The summed E-state index contributed by atoms with van der Waals surface area (Å²) in [5.74, 6) is -0.270. The molecule has 4 rings (SSSR count). The Hall–Kier alpha value is -2.74. The van der Waals surface area contributed by atoms with E-state index in [1.807, 2.05) is 43.3 Å². The summed E-state index contributed by atoms with van der Waals surface area (Å²) < 4.78 is 18.9. The summed E-state index contributed by atoms with van der Waals surface area (Å²) in [7, 11) is 3.99. The third-order valence-electron chi connectivity index (χ3n) is 5.70. The number of hydrogen-bond donors (Lipinski definition) is 0. The second-order valence-electron chi connectivity index (χ2n) is 8.45. The SMILES string of the molecule is CN(C)CCN(Cc1ccc(F)cc1)C(=O)c1cc(-c2ccccc2)c(N2CCOCC2)s1. The predicted octanol–water partition coefficient (Wildman–Crippen LogP) is 4.59. The Morgan fingerprint density at radius 2 is 1.73 bits per heavy atom. The monoisotopic (exact) mass is 467 g/mol. The number of halogens is 1. The van der Waals surface area contributed by atoms with Gasteiger partial charge in [0, 0.05) is 38.3 Å². The average Bonchev–Trinajstić information content (AvgIpc) is 3.29. The van der Waals surface area contributed by atoms with Gasteiger partial charge in [0.15, 0.2) is 0 Å². The molecule has 2 aromatic carbocycles. The molecular formula is C26H30FN3O2S. The Kier molecular flexibility index (Phi) is 7.75. The number of ether oxygens (including phenoxy) is 1. The van der Waals surface area contributed by atoms with Crippen molar-refractivity contribution in [2.24, 2.45) is 0 Å². The lowest BCUT2D eigenvalue weighted by Crippen LogP contribution is -2.36. The molecule has 1 aliphatic heterocycles. The van der Waals surface area contributed by atoms with Gasteiger partial charge in [0.1, 0.15) is 5.82 Å². The Morgan fingerprint density at radius 1 is 1.03 bits per heavy atom. The molecule has 33 heavy (non-hydrogen) atoms. The zero-order valence-electron chi connectivity index (χ0n) is 19.2. The molecule has 0 radical (unpaired) electrons. The van der Waals surface area contributed by atoms with Crippen LogP contribution in [-0.4, -0.2) is 69.2 Å². The number of morpholine rings is 1. The second-order valence-corrected chi connectivity index (χ2v) is 9.48. The fourth-order valence-electron chi connectivity index (χ4n) is 3.85. The zero-order chi connectivity index (χ0) is 23.2. The van der Waals surface area contributed by atoms with E-state index >= 15 is 0 Å². The lowest BCUT2D eigenvalue weighted by Gasteiger charge is -2.28. The van der Waals surface area contributed by atoms with E-state index in [0.29, 0.717) is 26.3 Å². The van der Waals surface area contributed by atoms with Crippen molar-refractivity contribution in [1.29, 1.82) is 0 Å². The van der Waals surface area contributed by atoms with Crippen LogP contribution < -0.4 is 4.90 Å². The minimum absolute atomic E-state index is 0.00265. The Labute approximate surface area is 199 Å². The summed E-state index contributed by atoms with van der Waals surface area (Å²) in [6.45, 7) is 4.79. The number of likely N-dealkylation sites (N-methyl/N-ethyl adjacent to an activating group) is 1. The first-order valence-corrected chi connectivity index (χ1v) is 12.0. The summed E-state index contributed by atoms with van der Waals surface area (Å²) >= 11 is 1.55. The number of carbonyl (C=O) groups excluding carboxylic acids is 1. The molecule has 1 saturated heterocycles. The van der Waals surface area contributed by atoms with Crippen LogP contribution in [0.3, 0.4) is 0 Å². The summed E-state index contributed by atoms with van der Waals surface area (Å²) in [6.07, 6.45) is 0. The Bertz CT molecular complexity index is 1050. The lowest BCUT2D eigenvalue weighted by atomic mass is 10.1. The van der Waals surface area contributed by atoms with Crippen LogP contribution in [0, 0.1) is 5.82 Å². The van der Waals surface area contributed by atoms with Gasteiger partial charge in [-0.05, 0) is 43.4 Å². The van der Waals surface area contributed by atoms with Gasteiger partial charge in [-0.15, -0.1) is 11.3 Å². The summed E-state index contributed by atoms with van der Waals surface area (Å²) in [6, 6.07) is 18.6. The maximum atomic E-state index is 13.7. The molecule has 5 nitrogen and oxygen atoms in total. The van der Waals surface area contributed by atoms with Crippen molar-refractivity contribution < 1.29 is 13.9 Å². The fraction of sp³-hybridized carbons (Fsp3) is 0.346. The van der Waals surface area contributed by atoms with Gasteiger partial charge in [-0.3, -0.25) is 4.79 Å². The van der Waals surface area contributed by atoms with Gasteiger partial charge in [-0.1, -0.05) is 42.5 Å². The van der Waals surface area contributed by atoms with E-state index in [4.69, 9.17) is 4.74 Å². The van der Waals surface area contributed by atoms with E-state index in [2.05, 4.69) is 21.9 Å². The zero-order valence-corrected chi connectivity index (χ0v) is 20.0. The van der Waals surface area contributed by atoms with Gasteiger partial charge in [0.05, 0.1) is 23.1 Å². The van der Waals surface area contributed by atoms with E-state index in [0.717, 1.165) is 46.2 Å². The maximum absolute atomic E-state index is 13.7. The second kappa shape index (κ2) is 10.9. The lowest BCUT2D eigenvalue weighted by molar-refractivity contribution is 0.0737. The first-order valence-electron chi connectivity index (χ1n) is 11.2. The molecule has 174 valence electrons. The highest BCUT2D eigenvalue weighted by molar-refractivity contribution is 7.18. The van der Waals surface area contributed by atoms with Crippen molar-refractivity contribution in [2.75, 3.05) is 58.4 Å². The van der Waals surface area contributed by atoms with Gasteiger partial charge in [0.2, 0.25) is 0 Å². The van der Waals surface area contributed by atoms with Gasteiger partial charge < -0.3 is 19.4 Å². The van der Waals surface area contributed by atoms with E-state index in [-0.39, 0.29) is 11.7 Å². The number of thiophene rings is 1. The first kappa shape index (κ1) is 23.4. The molecule has 1 aromatic heterocycles. The van der Waals surface area contributed by atoms with Crippen molar-refractivity contribution >= 4 is 22.2 Å². The molecule has 0 saturated carbocycles. The number of carbonyl (C=O) groups is 1. The topological polar surface area (TPSA) is 36.0 Å². The first-order chi connectivity index (χ1) is 16.0. The molecular weight excluding hydrogens is 437 g/mol. The van der Waals surface area contributed by atoms with Crippen molar-refractivity contribution in [3.8, 4) is 11.1 Å². The van der Waals surface area contributed by atoms with Crippen LogP contribution in [0.5, 0.6) is 0 Å². The molecule has 1 amide bonds. The van der Waals surface area contributed by atoms with Crippen LogP contribution in [0.2, 0.25) is 0 Å². The smallest absolute Gasteiger partial charge is 0.264 e. The molecule has 7 heteroatoms. The standard InChI is InChI=1S/C26H30FN3O2S/c1-28(2)12-13-30(19-20-8-10-22(27)11-9-20)25(31)24-18-23(21-6-4-3-5-7-21)26(33-24)29-14-16-32-17-15-29/h3-11,18H,12-17,19H2,1-2H3. The number of hydrogen-bond acceptors (Lipinski definition) is 5. The molecule has 0 bridgehead atoms. The highest BCUT2D eigenvalue weighted by Gasteiger charge is 2.25. The maximum Gasteiger partial charge on any atom is 0.264 e. The quantitative estimate of drug-likeness (QED) is 0.485. The van der Waals surface area contributed by atoms with Crippen molar-refractivity contribution in [3.05, 3.63) is 76.9 Å². The van der Waals surface area contributed by atoms with Gasteiger partial charge in [-0.25, -0.2) is 4.39 Å². The van der Waals surface area contributed by atoms with Crippen molar-refractivity contribution in [3.63, 3.8) is 0 Å². The van der Waals surface area contributed by atoms with Gasteiger partial charge in [-0.2, -0.15) is 0 Å².